The van der Waals surface area contributed by atoms with Crippen molar-refractivity contribution in [1.82, 2.24) is 14.9 Å². The highest BCUT2D eigenvalue weighted by Crippen LogP contribution is 2.42. The topological polar surface area (TPSA) is 119 Å². The standard InChI is InChI=1S/C21H20N4O5S/c1-2-30-20(28)13-8-9-14-16(13)17-18(31-14)22-11-25(19(17)27)10-15(26)24-21(29)23-12-6-4-3-5-7-12/h3-7,11,13H,2,8-10H2,1H3,(H2,23,24,26,29)/t13-/m0/s1. The molecule has 0 aliphatic heterocycles. The zero-order valence-corrected chi connectivity index (χ0v) is 17.5. The molecule has 9 nitrogen and oxygen atoms in total. The second-order valence-electron chi connectivity index (χ2n) is 7.01. The molecule has 1 aliphatic rings. The first-order valence-corrected chi connectivity index (χ1v) is 10.6. The smallest absolute Gasteiger partial charge is 0.325 e. The van der Waals surface area contributed by atoms with Gasteiger partial charge < -0.3 is 10.1 Å². The van der Waals surface area contributed by atoms with E-state index in [2.05, 4.69) is 15.6 Å². The number of nitrogens with one attached hydrogen (secondary N) is 2. The third kappa shape index (κ3) is 4.19. The van der Waals surface area contributed by atoms with E-state index in [-0.39, 0.29) is 19.1 Å². The fraction of sp³-hybridized carbons (Fsp3) is 0.286. The summed E-state index contributed by atoms with van der Waals surface area (Å²) in [5, 5.41) is 5.08. The van der Waals surface area contributed by atoms with Crippen LogP contribution < -0.4 is 16.2 Å². The van der Waals surface area contributed by atoms with Crippen LogP contribution in [0.25, 0.3) is 10.2 Å². The summed E-state index contributed by atoms with van der Waals surface area (Å²) in [7, 11) is 0. The molecule has 1 aromatic carbocycles. The largest absolute Gasteiger partial charge is 0.466 e. The fourth-order valence-corrected chi connectivity index (χ4v) is 4.87. The molecule has 31 heavy (non-hydrogen) atoms. The lowest BCUT2D eigenvalue weighted by molar-refractivity contribution is -0.144. The quantitative estimate of drug-likeness (QED) is 0.588. The van der Waals surface area contributed by atoms with Crippen molar-refractivity contribution >= 4 is 45.1 Å². The molecule has 3 aromatic rings. The number of hydrogen-bond donors (Lipinski definition) is 2. The number of carbonyl (C=O) groups is 3. The number of ether oxygens (including phenoxy) is 1. The number of aryl methyl sites for hydroxylation is 1. The highest BCUT2D eigenvalue weighted by molar-refractivity contribution is 7.18. The van der Waals surface area contributed by atoms with Crippen LogP contribution in [0.5, 0.6) is 0 Å². The number of hydrogen-bond acceptors (Lipinski definition) is 7. The number of benzene rings is 1. The summed E-state index contributed by atoms with van der Waals surface area (Å²) >= 11 is 1.38. The molecular formula is C21H20N4O5S. The second kappa shape index (κ2) is 8.68. The number of rotatable bonds is 5. The maximum absolute atomic E-state index is 13.1. The second-order valence-corrected chi connectivity index (χ2v) is 8.09. The van der Waals surface area contributed by atoms with Gasteiger partial charge in [0.1, 0.15) is 11.4 Å². The van der Waals surface area contributed by atoms with Crippen molar-refractivity contribution in [2.24, 2.45) is 0 Å². The minimum absolute atomic E-state index is 0.264. The van der Waals surface area contributed by atoms with E-state index in [9.17, 15) is 19.2 Å². The number of fused-ring (bicyclic) bond motifs is 3. The monoisotopic (exact) mass is 440 g/mol. The van der Waals surface area contributed by atoms with E-state index in [4.69, 9.17) is 4.74 Å². The Balaban J connectivity index is 1.54. The lowest BCUT2D eigenvalue weighted by atomic mass is 10.0. The van der Waals surface area contributed by atoms with Crippen molar-refractivity contribution in [2.75, 3.05) is 11.9 Å². The van der Waals surface area contributed by atoms with Crippen LogP contribution in [0.4, 0.5) is 10.5 Å². The Bertz CT molecular complexity index is 1220. The van der Waals surface area contributed by atoms with E-state index in [1.807, 2.05) is 0 Å². The van der Waals surface area contributed by atoms with E-state index < -0.39 is 23.4 Å². The molecule has 0 fully saturated rings. The molecule has 1 atom stereocenters. The molecule has 1 aliphatic carbocycles. The third-order valence-electron chi connectivity index (χ3n) is 4.97. The Labute approximate surface area is 181 Å². The molecule has 2 aromatic heterocycles. The summed E-state index contributed by atoms with van der Waals surface area (Å²) in [5.74, 6) is -1.52. The van der Waals surface area contributed by atoms with Gasteiger partial charge in [-0.05, 0) is 37.5 Å². The molecular weight excluding hydrogens is 420 g/mol. The first kappa shape index (κ1) is 20.7. The summed E-state index contributed by atoms with van der Waals surface area (Å²) in [6.45, 7) is 1.62. The number of thiophene rings is 1. The van der Waals surface area contributed by atoms with Crippen LogP contribution in [0.3, 0.4) is 0 Å². The van der Waals surface area contributed by atoms with Crippen molar-refractivity contribution in [3.8, 4) is 0 Å². The van der Waals surface area contributed by atoms with Gasteiger partial charge >= 0.3 is 12.0 Å². The molecule has 2 N–H and O–H groups in total. The number of carbonyl (C=O) groups excluding carboxylic acids is 3. The fourth-order valence-electron chi connectivity index (χ4n) is 3.66. The SMILES string of the molecule is CCOC(=O)[C@H]1CCc2sc3ncn(CC(=O)NC(=O)Nc4ccccc4)c(=O)c3c21. The van der Waals surface area contributed by atoms with Gasteiger partial charge in [-0.2, -0.15) is 0 Å². The van der Waals surface area contributed by atoms with Gasteiger partial charge in [0.2, 0.25) is 5.91 Å². The van der Waals surface area contributed by atoms with Gasteiger partial charge in [-0.3, -0.25) is 24.3 Å². The van der Waals surface area contributed by atoms with Gasteiger partial charge in [0.05, 0.1) is 24.2 Å². The maximum Gasteiger partial charge on any atom is 0.325 e. The molecule has 2 heterocycles. The van der Waals surface area contributed by atoms with Gasteiger partial charge in [-0.25, -0.2) is 9.78 Å². The van der Waals surface area contributed by atoms with Crippen LogP contribution >= 0.6 is 11.3 Å². The van der Waals surface area contributed by atoms with Crippen LogP contribution in [-0.4, -0.2) is 34.1 Å². The van der Waals surface area contributed by atoms with Crippen molar-refractivity contribution in [3.05, 3.63) is 57.5 Å². The molecule has 0 spiro atoms. The normalized spacial score (nSPS) is 14.8. The van der Waals surface area contributed by atoms with Crippen LogP contribution in [0.15, 0.2) is 41.5 Å². The molecule has 10 heteroatoms. The van der Waals surface area contributed by atoms with Crippen molar-refractivity contribution in [2.45, 2.75) is 32.2 Å². The van der Waals surface area contributed by atoms with E-state index >= 15 is 0 Å². The zero-order chi connectivity index (χ0) is 22.0. The summed E-state index contributed by atoms with van der Waals surface area (Å²) in [4.78, 5) is 55.5. The minimum atomic E-state index is -0.697. The number of amides is 3. The number of anilines is 1. The molecule has 3 amide bonds. The van der Waals surface area contributed by atoms with Crippen molar-refractivity contribution in [3.63, 3.8) is 0 Å². The number of esters is 1. The Kier molecular flexibility index (Phi) is 5.81. The summed E-state index contributed by atoms with van der Waals surface area (Å²) in [6, 6.07) is 7.98. The average molecular weight is 440 g/mol. The maximum atomic E-state index is 13.1. The first-order chi connectivity index (χ1) is 15.0. The highest BCUT2D eigenvalue weighted by Gasteiger charge is 2.35. The van der Waals surface area contributed by atoms with E-state index in [0.29, 0.717) is 34.3 Å². The Morgan fingerprint density at radius 2 is 2.03 bits per heavy atom. The predicted octanol–water partition coefficient (Wildman–Crippen LogP) is 2.40. The number of urea groups is 1. The van der Waals surface area contributed by atoms with Gasteiger partial charge in [0, 0.05) is 10.6 Å². The third-order valence-corrected chi connectivity index (χ3v) is 6.14. The lowest BCUT2D eigenvalue weighted by Gasteiger charge is -2.11. The summed E-state index contributed by atoms with van der Waals surface area (Å²) < 4.78 is 6.30. The number of imide groups is 1. The van der Waals surface area contributed by atoms with E-state index in [1.165, 1.54) is 17.7 Å². The number of aromatic nitrogens is 2. The first-order valence-electron chi connectivity index (χ1n) is 9.81. The van der Waals surface area contributed by atoms with Gasteiger partial charge in [0.15, 0.2) is 0 Å². The van der Waals surface area contributed by atoms with Crippen LogP contribution in [0, 0.1) is 0 Å². The van der Waals surface area contributed by atoms with Crippen molar-refractivity contribution in [1.29, 1.82) is 0 Å². The molecule has 0 bridgehead atoms. The number of nitrogens with zero attached hydrogens (tertiary/aromatic N) is 2. The summed E-state index contributed by atoms with van der Waals surface area (Å²) in [6.07, 6.45) is 2.55. The van der Waals surface area contributed by atoms with E-state index in [1.54, 1.807) is 37.3 Å². The molecule has 160 valence electrons. The van der Waals surface area contributed by atoms with Crippen LogP contribution in [-0.2, 0) is 27.3 Å². The molecule has 0 saturated carbocycles. The predicted molar refractivity (Wildman–Crippen MR) is 115 cm³/mol. The lowest BCUT2D eigenvalue weighted by Crippen LogP contribution is -2.38. The van der Waals surface area contributed by atoms with Gasteiger partial charge in [-0.15, -0.1) is 11.3 Å². The average Bonchev–Trinajstić information content (AvgIpc) is 3.30. The van der Waals surface area contributed by atoms with Crippen molar-refractivity contribution < 1.29 is 19.1 Å². The van der Waals surface area contributed by atoms with Gasteiger partial charge in [0.25, 0.3) is 5.56 Å². The molecule has 4 rings (SSSR count). The molecule has 0 unspecified atom stereocenters. The minimum Gasteiger partial charge on any atom is -0.466 e. The zero-order valence-electron chi connectivity index (χ0n) is 16.7. The molecule has 0 radical (unpaired) electrons. The van der Waals surface area contributed by atoms with Gasteiger partial charge in [-0.1, -0.05) is 18.2 Å². The summed E-state index contributed by atoms with van der Waals surface area (Å²) in [5.41, 5.74) is 0.775. The van der Waals surface area contributed by atoms with Crippen LogP contribution in [0.1, 0.15) is 29.7 Å². The van der Waals surface area contributed by atoms with Crippen LogP contribution in [0.2, 0.25) is 0 Å². The highest BCUT2D eigenvalue weighted by atomic mass is 32.1. The molecule has 0 saturated heterocycles. The Hall–Kier alpha value is -3.53. The van der Waals surface area contributed by atoms with E-state index in [0.717, 1.165) is 9.44 Å². The number of para-hydroxylation sites is 1. The Morgan fingerprint density at radius 1 is 1.26 bits per heavy atom. The Morgan fingerprint density at radius 3 is 2.77 bits per heavy atom.